The van der Waals surface area contributed by atoms with Gasteiger partial charge in [0, 0.05) is 23.6 Å². The van der Waals surface area contributed by atoms with Crippen LogP contribution >= 0.6 is 27.7 Å². The van der Waals surface area contributed by atoms with E-state index in [0.29, 0.717) is 10.9 Å². The molecule has 0 spiro atoms. The minimum Gasteiger partial charge on any atom is -0.497 e. The van der Waals surface area contributed by atoms with Gasteiger partial charge >= 0.3 is 0 Å². The van der Waals surface area contributed by atoms with Gasteiger partial charge in [0.2, 0.25) is 11.8 Å². The first-order valence-corrected chi connectivity index (χ1v) is 9.86. The Bertz CT molecular complexity index is 886. The number of hydrogen-bond acceptors (Lipinski definition) is 5. The van der Waals surface area contributed by atoms with Crippen molar-refractivity contribution in [3.63, 3.8) is 0 Å². The second-order valence-electron chi connectivity index (χ2n) is 5.86. The first-order chi connectivity index (χ1) is 13.0. The summed E-state index contributed by atoms with van der Waals surface area (Å²) in [5.74, 6) is 0.402. The second-order valence-corrected chi connectivity index (χ2v) is 7.94. The van der Waals surface area contributed by atoms with E-state index in [-0.39, 0.29) is 18.2 Å². The number of nitrogens with one attached hydrogen (secondary N) is 1. The lowest BCUT2D eigenvalue weighted by molar-refractivity contribution is -0.127. The minimum absolute atomic E-state index is 0.0853. The largest absolute Gasteiger partial charge is 0.497 e. The van der Waals surface area contributed by atoms with Crippen molar-refractivity contribution in [3.05, 3.63) is 53.0 Å². The standard InChI is InChI=1S/C19H18BrN3O3S/c1-23-18(25)16(11-17(24)21-14-5-3-4-12(20)10-14)27-19(23)22-13-6-8-15(26-2)9-7-13/h3-10,16H,11H2,1-2H3,(H,21,24)/t16-/m0/s1. The maximum Gasteiger partial charge on any atom is 0.242 e. The Labute approximate surface area is 170 Å². The van der Waals surface area contributed by atoms with E-state index in [9.17, 15) is 9.59 Å². The van der Waals surface area contributed by atoms with E-state index in [1.165, 1.54) is 16.7 Å². The molecule has 1 fully saturated rings. The van der Waals surface area contributed by atoms with Crippen molar-refractivity contribution in [2.75, 3.05) is 19.5 Å². The molecule has 2 aromatic carbocycles. The van der Waals surface area contributed by atoms with E-state index in [1.54, 1.807) is 20.2 Å². The molecule has 27 heavy (non-hydrogen) atoms. The van der Waals surface area contributed by atoms with Crippen LogP contribution in [-0.2, 0) is 9.59 Å². The fourth-order valence-electron chi connectivity index (χ4n) is 2.51. The van der Waals surface area contributed by atoms with Crippen LogP contribution in [0.25, 0.3) is 0 Å². The topological polar surface area (TPSA) is 71.0 Å². The van der Waals surface area contributed by atoms with Crippen molar-refractivity contribution >= 4 is 56.0 Å². The van der Waals surface area contributed by atoms with Gasteiger partial charge in [-0.1, -0.05) is 33.8 Å². The molecule has 3 rings (SSSR count). The first kappa shape index (κ1) is 19.4. The van der Waals surface area contributed by atoms with E-state index in [4.69, 9.17) is 4.74 Å². The van der Waals surface area contributed by atoms with Crippen molar-refractivity contribution in [1.82, 2.24) is 4.90 Å². The third-order valence-corrected chi connectivity index (χ3v) is 5.64. The summed E-state index contributed by atoms with van der Waals surface area (Å²) >= 11 is 4.67. The molecule has 1 aliphatic rings. The van der Waals surface area contributed by atoms with E-state index in [2.05, 4.69) is 26.2 Å². The molecule has 0 aliphatic carbocycles. The smallest absolute Gasteiger partial charge is 0.242 e. The number of thioether (sulfide) groups is 1. The monoisotopic (exact) mass is 447 g/mol. The number of nitrogens with zero attached hydrogens (tertiary/aromatic N) is 2. The summed E-state index contributed by atoms with van der Waals surface area (Å²) in [5.41, 5.74) is 1.41. The van der Waals surface area contributed by atoms with Gasteiger partial charge in [-0.25, -0.2) is 4.99 Å². The third-order valence-electron chi connectivity index (χ3n) is 3.92. The number of carbonyl (C=O) groups excluding carboxylic acids is 2. The highest BCUT2D eigenvalue weighted by Crippen LogP contribution is 2.31. The number of carbonyl (C=O) groups is 2. The molecule has 0 saturated carbocycles. The van der Waals surface area contributed by atoms with Crippen LogP contribution < -0.4 is 10.1 Å². The summed E-state index contributed by atoms with van der Waals surface area (Å²) in [6.45, 7) is 0. The van der Waals surface area contributed by atoms with Crippen LogP contribution in [-0.4, -0.2) is 41.3 Å². The number of ether oxygens (including phenoxy) is 1. The molecule has 6 nitrogen and oxygen atoms in total. The summed E-state index contributed by atoms with van der Waals surface area (Å²) in [6.07, 6.45) is 0.0853. The molecule has 0 bridgehead atoms. The maximum atomic E-state index is 12.5. The maximum absolute atomic E-state index is 12.5. The van der Waals surface area contributed by atoms with Crippen LogP contribution in [0.3, 0.4) is 0 Å². The molecule has 1 heterocycles. The number of rotatable bonds is 5. The van der Waals surface area contributed by atoms with Gasteiger partial charge in [-0.05, 0) is 42.5 Å². The summed E-state index contributed by atoms with van der Waals surface area (Å²) in [7, 11) is 3.27. The van der Waals surface area contributed by atoms with Crippen LogP contribution in [0.15, 0.2) is 58.0 Å². The number of aliphatic imine (C=N–C) groups is 1. The van der Waals surface area contributed by atoms with Gasteiger partial charge in [0.05, 0.1) is 12.8 Å². The number of amides is 2. The summed E-state index contributed by atoms with van der Waals surface area (Å²) in [6, 6.07) is 14.6. The van der Waals surface area contributed by atoms with Crippen molar-refractivity contribution in [3.8, 4) is 5.75 Å². The molecule has 2 aromatic rings. The van der Waals surface area contributed by atoms with Gasteiger partial charge in [-0.15, -0.1) is 0 Å². The number of amidine groups is 1. The molecule has 0 radical (unpaired) electrons. The van der Waals surface area contributed by atoms with Crippen LogP contribution in [0.5, 0.6) is 5.75 Å². The van der Waals surface area contributed by atoms with Gasteiger partial charge in [0.15, 0.2) is 5.17 Å². The summed E-state index contributed by atoms with van der Waals surface area (Å²) in [5, 5.41) is 2.90. The Hall–Kier alpha value is -2.32. The SMILES string of the molecule is COc1ccc(N=C2S[C@@H](CC(=O)Nc3cccc(Br)c3)C(=O)N2C)cc1. The van der Waals surface area contributed by atoms with E-state index < -0.39 is 5.25 Å². The first-order valence-electron chi connectivity index (χ1n) is 8.18. The van der Waals surface area contributed by atoms with E-state index in [1.807, 2.05) is 42.5 Å². The van der Waals surface area contributed by atoms with Gasteiger partial charge in [0.25, 0.3) is 0 Å². The summed E-state index contributed by atoms with van der Waals surface area (Å²) < 4.78 is 6.00. The molecule has 1 aliphatic heterocycles. The highest BCUT2D eigenvalue weighted by molar-refractivity contribution is 9.10. The zero-order chi connectivity index (χ0) is 19.4. The molecule has 1 atom stereocenters. The normalized spacial score (nSPS) is 18.0. The third kappa shape index (κ3) is 4.90. The lowest BCUT2D eigenvalue weighted by atomic mass is 10.2. The van der Waals surface area contributed by atoms with Gasteiger partial charge in [-0.3, -0.25) is 14.5 Å². The molecule has 1 saturated heterocycles. The number of anilines is 1. The molecular formula is C19H18BrN3O3S. The van der Waals surface area contributed by atoms with Gasteiger partial charge in [-0.2, -0.15) is 0 Å². The molecule has 140 valence electrons. The number of methoxy groups -OCH3 is 1. The van der Waals surface area contributed by atoms with E-state index >= 15 is 0 Å². The van der Waals surface area contributed by atoms with E-state index in [0.717, 1.165) is 15.9 Å². The average molecular weight is 448 g/mol. The van der Waals surface area contributed by atoms with Crippen molar-refractivity contribution in [2.24, 2.45) is 4.99 Å². The molecule has 0 aromatic heterocycles. The molecule has 8 heteroatoms. The average Bonchev–Trinajstić information content (AvgIpc) is 2.90. The van der Waals surface area contributed by atoms with Crippen LogP contribution in [0.1, 0.15) is 6.42 Å². The highest BCUT2D eigenvalue weighted by Gasteiger charge is 2.37. The number of hydrogen-bond donors (Lipinski definition) is 1. The molecular weight excluding hydrogens is 430 g/mol. The van der Waals surface area contributed by atoms with Crippen LogP contribution in [0.4, 0.5) is 11.4 Å². The van der Waals surface area contributed by atoms with Crippen molar-refractivity contribution in [1.29, 1.82) is 0 Å². The van der Waals surface area contributed by atoms with Crippen LogP contribution in [0, 0.1) is 0 Å². The number of halogens is 1. The Balaban J connectivity index is 1.66. The molecule has 2 amide bonds. The molecule has 1 N–H and O–H groups in total. The van der Waals surface area contributed by atoms with Gasteiger partial charge < -0.3 is 10.1 Å². The zero-order valence-electron chi connectivity index (χ0n) is 14.8. The predicted molar refractivity (Wildman–Crippen MR) is 112 cm³/mol. The quantitative estimate of drug-likeness (QED) is 0.750. The Morgan fingerprint density at radius 2 is 2.04 bits per heavy atom. The van der Waals surface area contributed by atoms with Gasteiger partial charge in [0.1, 0.15) is 11.0 Å². The fourth-order valence-corrected chi connectivity index (χ4v) is 4.06. The lowest BCUT2D eigenvalue weighted by Gasteiger charge is -2.09. The highest BCUT2D eigenvalue weighted by atomic mass is 79.9. The second kappa shape index (κ2) is 8.58. The lowest BCUT2D eigenvalue weighted by Crippen LogP contribution is -2.30. The Morgan fingerprint density at radius 1 is 1.30 bits per heavy atom. The fraction of sp³-hybridized carbons (Fsp3) is 0.211. The van der Waals surface area contributed by atoms with Crippen molar-refractivity contribution in [2.45, 2.75) is 11.7 Å². The minimum atomic E-state index is -0.487. The van der Waals surface area contributed by atoms with Crippen molar-refractivity contribution < 1.29 is 14.3 Å². The Morgan fingerprint density at radius 3 is 2.70 bits per heavy atom. The zero-order valence-corrected chi connectivity index (χ0v) is 17.2. The Kier molecular flexibility index (Phi) is 6.18. The van der Waals surface area contributed by atoms with Crippen LogP contribution in [0.2, 0.25) is 0 Å². The number of benzene rings is 2. The predicted octanol–water partition coefficient (Wildman–Crippen LogP) is 4.05. The summed E-state index contributed by atoms with van der Waals surface area (Å²) in [4.78, 5) is 30.8. The molecule has 0 unspecified atom stereocenters.